The van der Waals surface area contributed by atoms with Crippen LogP contribution in [0.15, 0.2) is 48.5 Å². The SMILES string of the molecule is CNc1ccc(CNc2cccc(Cl)c2)cc1. The summed E-state index contributed by atoms with van der Waals surface area (Å²) in [7, 11) is 1.92. The average molecular weight is 247 g/mol. The Kier molecular flexibility index (Phi) is 3.89. The first-order valence-corrected chi connectivity index (χ1v) is 5.92. The second-order valence-corrected chi connectivity index (χ2v) is 4.25. The van der Waals surface area contributed by atoms with Gasteiger partial charge in [0, 0.05) is 30.0 Å². The van der Waals surface area contributed by atoms with Crippen LogP contribution in [0.5, 0.6) is 0 Å². The third kappa shape index (κ3) is 3.40. The monoisotopic (exact) mass is 246 g/mol. The molecule has 2 N–H and O–H groups in total. The van der Waals surface area contributed by atoms with Crippen molar-refractivity contribution in [3.8, 4) is 0 Å². The van der Waals surface area contributed by atoms with Crippen molar-refractivity contribution < 1.29 is 0 Å². The van der Waals surface area contributed by atoms with Crippen molar-refractivity contribution in [2.75, 3.05) is 17.7 Å². The van der Waals surface area contributed by atoms with E-state index in [2.05, 4.69) is 34.9 Å². The topological polar surface area (TPSA) is 24.1 Å². The van der Waals surface area contributed by atoms with Crippen LogP contribution in [0.3, 0.4) is 0 Å². The second-order valence-electron chi connectivity index (χ2n) is 3.81. The van der Waals surface area contributed by atoms with Crippen LogP contribution in [0.2, 0.25) is 5.02 Å². The van der Waals surface area contributed by atoms with Gasteiger partial charge >= 0.3 is 0 Å². The van der Waals surface area contributed by atoms with E-state index in [1.165, 1.54) is 5.56 Å². The zero-order valence-corrected chi connectivity index (χ0v) is 10.5. The van der Waals surface area contributed by atoms with Crippen LogP contribution in [-0.4, -0.2) is 7.05 Å². The van der Waals surface area contributed by atoms with Crippen LogP contribution in [0.25, 0.3) is 0 Å². The second kappa shape index (κ2) is 5.60. The summed E-state index contributed by atoms with van der Waals surface area (Å²) in [6, 6.07) is 16.1. The summed E-state index contributed by atoms with van der Waals surface area (Å²) in [6.07, 6.45) is 0. The molecule has 0 radical (unpaired) electrons. The van der Waals surface area contributed by atoms with Crippen LogP contribution >= 0.6 is 11.6 Å². The van der Waals surface area contributed by atoms with Crippen molar-refractivity contribution >= 4 is 23.0 Å². The molecule has 0 bridgehead atoms. The van der Waals surface area contributed by atoms with E-state index in [4.69, 9.17) is 11.6 Å². The minimum Gasteiger partial charge on any atom is -0.388 e. The lowest BCUT2D eigenvalue weighted by Gasteiger charge is -2.07. The van der Waals surface area contributed by atoms with Gasteiger partial charge in [-0.3, -0.25) is 0 Å². The Morgan fingerprint density at radius 2 is 1.76 bits per heavy atom. The summed E-state index contributed by atoms with van der Waals surface area (Å²) in [5.41, 5.74) is 3.40. The van der Waals surface area contributed by atoms with E-state index in [1.54, 1.807) is 0 Å². The number of nitrogens with one attached hydrogen (secondary N) is 2. The molecular formula is C14H15ClN2. The molecule has 0 spiro atoms. The predicted molar refractivity (Wildman–Crippen MR) is 74.8 cm³/mol. The molecule has 2 nitrogen and oxygen atoms in total. The van der Waals surface area contributed by atoms with E-state index in [-0.39, 0.29) is 0 Å². The Morgan fingerprint density at radius 1 is 1.00 bits per heavy atom. The van der Waals surface area contributed by atoms with Gasteiger partial charge in [-0.15, -0.1) is 0 Å². The lowest BCUT2D eigenvalue weighted by atomic mass is 10.2. The van der Waals surface area contributed by atoms with Gasteiger partial charge < -0.3 is 10.6 Å². The first-order valence-electron chi connectivity index (χ1n) is 5.54. The van der Waals surface area contributed by atoms with Crippen LogP contribution in [-0.2, 0) is 6.54 Å². The third-order valence-electron chi connectivity index (χ3n) is 2.56. The summed E-state index contributed by atoms with van der Waals surface area (Å²) in [5, 5.41) is 7.18. The Morgan fingerprint density at radius 3 is 2.41 bits per heavy atom. The fraction of sp³-hybridized carbons (Fsp3) is 0.143. The molecular weight excluding hydrogens is 232 g/mol. The Bertz CT molecular complexity index is 480. The summed E-state index contributed by atoms with van der Waals surface area (Å²) >= 11 is 5.92. The molecule has 2 aromatic rings. The fourth-order valence-corrected chi connectivity index (χ4v) is 1.78. The maximum Gasteiger partial charge on any atom is 0.0426 e. The third-order valence-corrected chi connectivity index (χ3v) is 2.80. The number of hydrogen-bond acceptors (Lipinski definition) is 2. The highest BCUT2D eigenvalue weighted by Gasteiger charge is 1.95. The molecule has 0 aliphatic carbocycles. The molecule has 0 aromatic heterocycles. The van der Waals surface area contributed by atoms with Crippen molar-refractivity contribution in [3.05, 3.63) is 59.1 Å². The van der Waals surface area contributed by atoms with Gasteiger partial charge in [-0.05, 0) is 35.9 Å². The number of halogens is 1. The molecule has 3 heteroatoms. The highest BCUT2D eigenvalue weighted by Crippen LogP contribution is 2.16. The molecule has 17 heavy (non-hydrogen) atoms. The molecule has 0 saturated heterocycles. The summed E-state index contributed by atoms with van der Waals surface area (Å²) in [4.78, 5) is 0. The molecule has 0 heterocycles. The van der Waals surface area contributed by atoms with Crippen LogP contribution in [0, 0.1) is 0 Å². The van der Waals surface area contributed by atoms with E-state index in [0.29, 0.717) is 0 Å². The number of rotatable bonds is 4. The largest absolute Gasteiger partial charge is 0.388 e. The molecule has 0 fully saturated rings. The van der Waals surface area contributed by atoms with E-state index in [9.17, 15) is 0 Å². The summed E-state index contributed by atoms with van der Waals surface area (Å²) in [6.45, 7) is 0.796. The normalized spacial score (nSPS) is 10.0. The zero-order valence-electron chi connectivity index (χ0n) is 9.70. The molecule has 0 atom stereocenters. The van der Waals surface area contributed by atoms with Crippen molar-refractivity contribution in [3.63, 3.8) is 0 Å². The number of anilines is 2. The molecule has 0 aliphatic rings. The van der Waals surface area contributed by atoms with Gasteiger partial charge in [-0.1, -0.05) is 29.8 Å². The molecule has 0 saturated carbocycles. The fourth-order valence-electron chi connectivity index (χ4n) is 1.59. The van der Waals surface area contributed by atoms with Gasteiger partial charge in [0.05, 0.1) is 0 Å². The van der Waals surface area contributed by atoms with Crippen molar-refractivity contribution in [1.82, 2.24) is 0 Å². The van der Waals surface area contributed by atoms with E-state index < -0.39 is 0 Å². The highest BCUT2D eigenvalue weighted by molar-refractivity contribution is 6.30. The van der Waals surface area contributed by atoms with Crippen LogP contribution in [0.1, 0.15) is 5.56 Å². The van der Waals surface area contributed by atoms with Crippen LogP contribution in [0.4, 0.5) is 11.4 Å². The molecule has 88 valence electrons. The van der Waals surface area contributed by atoms with Gasteiger partial charge in [0.25, 0.3) is 0 Å². The zero-order chi connectivity index (χ0) is 12.1. The predicted octanol–water partition coefficient (Wildman–Crippen LogP) is 3.99. The number of benzene rings is 2. The smallest absolute Gasteiger partial charge is 0.0426 e. The first-order chi connectivity index (χ1) is 8.28. The average Bonchev–Trinajstić information content (AvgIpc) is 2.37. The molecule has 2 rings (SSSR count). The highest BCUT2D eigenvalue weighted by atomic mass is 35.5. The Balaban J connectivity index is 1.97. The molecule has 0 aliphatic heterocycles. The standard InChI is InChI=1S/C14H15ClN2/c1-16-13-7-5-11(6-8-13)10-17-14-4-2-3-12(15)9-14/h2-9,16-17H,10H2,1H3. The van der Waals surface area contributed by atoms with Gasteiger partial charge in [0.15, 0.2) is 0 Å². The lowest BCUT2D eigenvalue weighted by molar-refractivity contribution is 1.15. The molecule has 2 aromatic carbocycles. The van der Waals surface area contributed by atoms with Gasteiger partial charge in [-0.25, -0.2) is 0 Å². The minimum absolute atomic E-state index is 0.750. The summed E-state index contributed by atoms with van der Waals surface area (Å²) in [5.74, 6) is 0. The lowest BCUT2D eigenvalue weighted by Crippen LogP contribution is -1.99. The van der Waals surface area contributed by atoms with E-state index >= 15 is 0 Å². The Labute approximate surface area is 107 Å². The molecule has 0 amide bonds. The first kappa shape index (κ1) is 11.8. The van der Waals surface area contributed by atoms with Crippen molar-refractivity contribution in [2.24, 2.45) is 0 Å². The van der Waals surface area contributed by atoms with E-state index in [0.717, 1.165) is 22.9 Å². The van der Waals surface area contributed by atoms with Crippen molar-refractivity contribution in [1.29, 1.82) is 0 Å². The molecule has 0 unspecified atom stereocenters. The van der Waals surface area contributed by atoms with Crippen LogP contribution < -0.4 is 10.6 Å². The maximum atomic E-state index is 5.92. The van der Waals surface area contributed by atoms with Gasteiger partial charge in [0.1, 0.15) is 0 Å². The number of hydrogen-bond donors (Lipinski definition) is 2. The van der Waals surface area contributed by atoms with E-state index in [1.807, 2.05) is 31.3 Å². The quantitative estimate of drug-likeness (QED) is 0.852. The maximum absolute atomic E-state index is 5.92. The van der Waals surface area contributed by atoms with Gasteiger partial charge in [-0.2, -0.15) is 0 Å². The van der Waals surface area contributed by atoms with Gasteiger partial charge in [0.2, 0.25) is 0 Å². The summed E-state index contributed by atoms with van der Waals surface area (Å²) < 4.78 is 0. The van der Waals surface area contributed by atoms with Crippen molar-refractivity contribution in [2.45, 2.75) is 6.54 Å². The Hall–Kier alpha value is -1.67. The minimum atomic E-state index is 0.750.